The highest BCUT2D eigenvalue weighted by atomic mass is 35.5. The lowest BCUT2D eigenvalue weighted by molar-refractivity contribution is -0.147. The number of nitrogens with one attached hydrogen (secondary N) is 1. The number of carboxylic acid groups (broad SMARTS) is 1. The first-order valence-electron chi connectivity index (χ1n) is 6.52. The van der Waals surface area contributed by atoms with Crippen LogP contribution in [0.2, 0.25) is 5.02 Å². The highest BCUT2D eigenvalue weighted by molar-refractivity contribution is 6.30. The van der Waals surface area contributed by atoms with E-state index in [0.29, 0.717) is 19.0 Å². The Hall–Kier alpha value is -1.06. The van der Waals surface area contributed by atoms with Crippen LogP contribution in [0, 0.1) is 5.41 Å². The van der Waals surface area contributed by atoms with Crippen molar-refractivity contribution in [1.29, 1.82) is 0 Å². The summed E-state index contributed by atoms with van der Waals surface area (Å²) >= 11 is 5.84. The lowest BCUT2D eigenvalue weighted by Gasteiger charge is -2.21. The van der Waals surface area contributed by atoms with Gasteiger partial charge in [-0.3, -0.25) is 4.79 Å². The highest BCUT2D eigenvalue weighted by Crippen LogP contribution is 2.19. The number of carboxylic acids is 1. The van der Waals surface area contributed by atoms with E-state index in [-0.39, 0.29) is 0 Å². The van der Waals surface area contributed by atoms with E-state index < -0.39 is 11.4 Å². The molecule has 0 amide bonds. The summed E-state index contributed by atoms with van der Waals surface area (Å²) in [6, 6.07) is 8.11. The summed E-state index contributed by atoms with van der Waals surface area (Å²) in [4.78, 5) is 11.0. The van der Waals surface area contributed by atoms with Crippen LogP contribution < -0.4 is 5.32 Å². The third-order valence-electron chi connectivity index (χ3n) is 3.28. The van der Waals surface area contributed by atoms with Crippen LogP contribution in [0.3, 0.4) is 0 Å². The molecule has 1 aromatic carbocycles. The summed E-state index contributed by atoms with van der Waals surface area (Å²) in [5, 5.41) is 13.1. The molecule has 0 aliphatic rings. The number of aliphatic carboxylic acids is 1. The molecule has 0 saturated carbocycles. The van der Waals surface area contributed by atoms with Crippen LogP contribution >= 0.6 is 11.6 Å². The van der Waals surface area contributed by atoms with E-state index in [2.05, 4.69) is 12.2 Å². The predicted molar refractivity (Wildman–Crippen MR) is 78.7 cm³/mol. The molecule has 0 aliphatic carbocycles. The van der Waals surface area contributed by atoms with Gasteiger partial charge in [-0.1, -0.05) is 23.7 Å². The summed E-state index contributed by atoms with van der Waals surface area (Å²) in [6.07, 6.45) is 1.53. The van der Waals surface area contributed by atoms with Gasteiger partial charge in [0, 0.05) is 11.1 Å². The van der Waals surface area contributed by atoms with Gasteiger partial charge in [0.15, 0.2) is 0 Å². The molecule has 0 radical (unpaired) electrons. The summed E-state index contributed by atoms with van der Waals surface area (Å²) in [7, 11) is 0. The molecule has 0 spiro atoms. The lowest BCUT2D eigenvalue weighted by atomic mass is 9.89. The molecule has 1 unspecified atom stereocenters. The normalized spacial score (nSPS) is 13.3. The van der Waals surface area contributed by atoms with E-state index in [1.807, 2.05) is 24.3 Å². The van der Waals surface area contributed by atoms with Gasteiger partial charge in [0.1, 0.15) is 0 Å². The minimum atomic E-state index is -0.750. The van der Waals surface area contributed by atoms with Crippen molar-refractivity contribution in [3.05, 3.63) is 34.9 Å². The zero-order chi connectivity index (χ0) is 14.5. The first-order valence-corrected chi connectivity index (χ1v) is 6.90. The maximum atomic E-state index is 11.0. The molecule has 3 nitrogen and oxygen atoms in total. The molecule has 1 aromatic rings. The van der Waals surface area contributed by atoms with Crippen LogP contribution in [0.25, 0.3) is 0 Å². The maximum Gasteiger partial charge on any atom is 0.309 e. The Kier molecular flexibility index (Phi) is 5.83. The molecule has 2 N–H and O–H groups in total. The minimum Gasteiger partial charge on any atom is -0.481 e. The molecule has 19 heavy (non-hydrogen) atoms. The topological polar surface area (TPSA) is 49.3 Å². The molecular weight excluding hydrogens is 262 g/mol. The Bertz CT molecular complexity index is 415. The molecule has 0 bridgehead atoms. The second kappa shape index (κ2) is 6.92. The van der Waals surface area contributed by atoms with Crippen molar-refractivity contribution in [2.24, 2.45) is 5.41 Å². The second-order valence-corrected chi connectivity index (χ2v) is 6.06. The van der Waals surface area contributed by atoms with E-state index in [1.54, 1.807) is 13.8 Å². The van der Waals surface area contributed by atoms with Crippen molar-refractivity contribution >= 4 is 17.6 Å². The number of carbonyl (C=O) groups is 1. The average Bonchev–Trinajstić information content (AvgIpc) is 2.31. The highest BCUT2D eigenvalue weighted by Gasteiger charge is 2.26. The van der Waals surface area contributed by atoms with Crippen molar-refractivity contribution in [3.8, 4) is 0 Å². The Morgan fingerprint density at radius 1 is 1.37 bits per heavy atom. The van der Waals surface area contributed by atoms with Gasteiger partial charge >= 0.3 is 5.97 Å². The molecule has 0 fully saturated rings. The number of hydrogen-bond acceptors (Lipinski definition) is 2. The maximum absolute atomic E-state index is 11.0. The van der Waals surface area contributed by atoms with Gasteiger partial charge in [0.05, 0.1) is 5.41 Å². The van der Waals surface area contributed by atoms with Crippen molar-refractivity contribution in [3.63, 3.8) is 0 Å². The number of hydrogen-bond donors (Lipinski definition) is 2. The van der Waals surface area contributed by atoms with Crippen molar-refractivity contribution in [2.75, 3.05) is 6.54 Å². The van der Waals surface area contributed by atoms with Crippen LogP contribution in [0.4, 0.5) is 0 Å². The minimum absolute atomic E-state index is 0.311. The SMILES string of the molecule is CC(Cc1ccc(Cl)cc1)NCCC(C)(C)C(=O)O. The van der Waals surface area contributed by atoms with E-state index in [0.717, 1.165) is 11.4 Å². The van der Waals surface area contributed by atoms with Gasteiger partial charge in [-0.05, 0) is 57.9 Å². The number of rotatable bonds is 7. The smallest absolute Gasteiger partial charge is 0.309 e. The number of halogens is 1. The van der Waals surface area contributed by atoms with Crippen LogP contribution in [0.1, 0.15) is 32.8 Å². The summed E-state index contributed by atoms with van der Waals surface area (Å²) in [5.74, 6) is -0.750. The van der Waals surface area contributed by atoms with Gasteiger partial charge < -0.3 is 10.4 Å². The van der Waals surface area contributed by atoms with E-state index in [4.69, 9.17) is 16.7 Å². The van der Waals surface area contributed by atoms with E-state index >= 15 is 0 Å². The Balaban J connectivity index is 2.34. The molecule has 106 valence electrons. The van der Waals surface area contributed by atoms with E-state index in [1.165, 1.54) is 5.56 Å². The van der Waals surface area contributed by atoms with Crippen molar-refractivity contribution < 1.29 is 9.90 Å². The molecule has 0 heterocycles. The van der Waals surface area contributed by atoms with Gasteiger partial charge in [-0.15, -0.1) is 0 Å². The van der Waals surface area contributed by atoms with Crippen molar-refractivity contribution in [2.45, 2.75) is 39.7 Å². The standard InChI is InChI=1S/C15H22ClNO2/c1-11(10-12-4-6-13(16)7-5-12)17-9-8-15(2,3)14(18)19/h4-7,11,17H,8-10H2,1-3H3,(H,18,19). The Labute approximate surface area is 120 Å². The monoisotopic (exact) mass is 283 g/mol. The van der Waals surface area contributed by atoms with Crippen LogP contribution in [0.5, 0.6) is 0 Å². The fourth-order valence-corrected chi connectivity index (χ4v) is 1.91. The van der Waals surface area contributed by atoms with Crippen LogP contribution in [-0.4, -0.2) is 23.7 Å². The molecule has 0 saturated heterocycles. The average molecular weight is 284 g/mol. The zero-order valence-corrected chi connectivity index (χ0v) is 12.5. The second-order valence-electron chi connectivity index (χ2n) is 5.62. The molecule has 1 atom stereocenters. The van der Waals surface area contributed by atoms with Gasteiger partial charge in [0.2, 0.25) is 0 Å². The predicted octanol–water partition coefficient (Wildman–Crippen LogP) is 3.36. The van der Waals surface area contributed by atoms with Gasteiger partial charge in [-0.2, -0.15) is 0 Å². The largest absolute Gasteiger partial charge is 0.481 e. The van der Waals surface area contributed by atoms with Crippen LogP contribution in [-0.2, 0) is 11.2 Å². The molecular formula is C15H22ClNO2. The third kappa shape index (κ3) is 5.62. The summed E-state index contributed by atoms with van der Waals surface area (Å²) in [6.45, 7) is 6.30. The molecule has 0 aliphatic heterocycles. The fraction of sp³-hybridized carbons (Fsp3) is 0.533. The zero-order valence-electron chi connectivity index (χ0n) is 11.7. The fourth-order valence-electron chi connectivity index (χ4n) is 1.78. The Morgan fingerprint density at radius 3 is 2.47 bits per heavy atom. The third-order valence-corrected chi connectivity index (χ3v) is 3.53. The van der Waals surface area contributed by atoms with Gasteiger partial charge in [0.25, 0.3) is 0 Å². The van der Waals surface area contributed by atoms with Crippen molar-refractivity contribution in [1.82, 2.24) is 5.32 Å². The molecule has 0 aromatic heterocycles. The quantitative estimate of drug-likeness (QED) is 0.807. The van der Waals surface area contributed by atoms with E-state index in [9.17, 15) is 4.79 Å². The first-order chi connectivity index (χ1) is 8.81. The Morgan fingerprint density at radius 2 is 1.95 bits per heavy atom. The summed E-state index contributed by atoms with van der Waals surface area (Å²) in [5.41, 5.74) is 0.550. The lowest BCUT2D eigenvalue weighted by Crippen LogP contribution is -2.34. The summed E-state index contributed by atoms with van der Waals surface area (Å²) < 4.78 is 0. The van der Waals surface area contributed by atoms with Gasteiger partial charge in [-0.25, -0.2) is 0 Å². The molecule has 4 heteroatoms. The van der Waals surface area contributed by atoms with Crippen LogP contribution in [0.15, 0.2) is 24.3 Å². The first kappa shape index (κ1) is 16.0. The number of benzene rings is 1. The molecule has 1 rings (SSSR count).